The van der Waals surface area contributed by atoms with Gasteiger partial charge in [-0.15, -0.1) is 11.3 Å². The number of aliphatic imine (C=N–C) groups is 1. The van der Waals surface area contributed by atoms with Crippen molar-refractivity contribution in [3.63, 3.8) is 0 Å². The predicted octanol–water partition coefficient (Wildman–Crippen LogP) is 11.7. The van der Waals surface area contributed by atoms with E-state index in [0.29, 0.717) is 0 Å². The van der Waals surface area contributed by atoms with Crippen molar-refractivity contribution in [1.29, 1.82) is 0 Å². The Hall–Kier alpha value is -5.45. The number of para-hydroxylation sites is 1. The van der Waals surface area contributed by atoms with E-state index in [-0.39, 0.29) is 11.5 Å². The van der Waals surface area contributed by atoms with E-state index in [9.17, 15) is 0 Å². The van der Waals surface area contributed by atoms with Crippen molar-refractivity contribution in [2.45, 2.75) is 38.6 Å². The van der Waals surface area contributed by atoms with Gasteiger partial charge >= 0.3 is 0 Å². The van der Waals surface area contributed by atoms with Crippen LogP contribution in [0.15, 0.2) is 150 Å². The van der Waals surface area contributed by atoms with Gasteiger partial charge in [0.25, 0.3) is 0 Å². The van der Waals surface area contributed by atoms with Gasteiger partial charge in [0.05, 0.1) is 27.5 Å². The third-order valence-corrected chi connectivity index (χ3v) is 11.7. The molecule has 3 nitrogen and oxygen atoms in total. The molecule has 238 valence electrons. The number of nitrogens with two attached hydrogens (primary N) is 1. The highest BCUT2D eigenvalue weighted by atomic mass is 32.1. The maximum atomic E-state index is 6.69. The van der Waals surface area contributed by atoms with Crippen molar-refractivity contribution >= 4 is 54.6 Å². The third-order valence-electron chi connectivity index (χ3n) is 10.5. The number of hydrogen-bond donors (Lipinski definition) is 1. The normalized spacial score (nSPS) is 17.2. The second kappa shape index (κ2) is 11.3. The van der Waals surface area contributed by atoms with Gasteiger partial charge in [0.15, 0.2) is 0 Å². The summed E-state index contributed by atoms with van der Waals surface area (Å²) in [6, 6.07) is 41.7. The van der Waals surface area contributed by atoms with Crippen LogP contribution in [0.1, 0.15) is 55.5 Å². The monoisotopic (exact) mass is 651 g/mol. The summed E-state index contributed by atoms with van der Waals surface area (Å²) < 4.78 is 3.83. The van der Waals surface area contributed by atoms with Gasteiger partial charge < -0.3 is 10.3 Å². The molecule has 0 saturated heterocycles. The summed E-state index contributed by atoms with van der Waals surface area (Å²) in [7, 11) is 0. The highest BCUT2D eigenvalue weighted by molar-refractivity contribution is 7.23. The molecule has 1 atom stereocenters. The first-order valence-electron chi connectivity index (χ1n) is 17.1. The standard InChI is InChI=1S/C45H37N3S/c1-4-37(47-38-20-12-9-18-34(38)41(46)29-14-6-5-7-15-29)28-22-24-30(25-23-28)48-39-21-13-10-16-31(39)32-26-27-35-40-43(49-44(35)42(32)48)33-17-8-11-19-36(33)45(40,2)3/h5-27,37H,4,46H2,1-3H3/b41-34-,47-38-. The van der Waals surface area contributed by atoms with Crippen LogP contribution in [-0.2, 0) is 5.41 Å². The van der Waals surface area contributed by atoms with Gasteiger partial charge in [0, 0.05) is 38.0 Å². The minimum atomic E-state index is -0.0445. The second-order valence-corrected chi connectivity index (χ2v) is 14.6. The molecule has 2 aliphatic rings. The smallest absolute Gasteiger partial charge is 0.0753 e. The zero-order chi connectivity index (χ0) is 33.3. The Labute approximate surface area is 291 Å². The molecule has 0 spiro atoms. The highest BCUT2D eigenvalue weighted by Gasteiger charge is 2.39. The lowest BCUT2D eigenvalue weighted by Gasteiger charge is -2.21. The Morgan fingerprint density at radius 1 is 0.776 bits per heavy atom. The topological polar surface area (TPSA) is 43.3 Å². The Balaban J connectivity index is 1.17. The summed E-state index contributed by atoms with van der Waals surface area (Å²) in [5.74, 6) is 0. The summed E-state index contributed by atoms with van der Waals surface area (Å²) in [5.41, 5.74) is 19.4. The summed E-state index contributed by atoms with van der Waals surface area (Å²) in [6.45, 7) is 6.96. The van der Waals surface area contributed by atoms with E-state index in [0.717, 1.165) is 34.7 Å². The number of allylic oxidation sites excluding steroid dienone is 5. The van der Waals surface area contributed by atoms with Crippen LogP contribution in [0.5, 0.6) is 0 Å². The van der Waals surface area contributed by atoms with Gasteiger partial charge in [0.2, 0.25) is 0 Å². The summed E-state index contributed by atoms with van der Waals surface area (Å²) in [5, 5.41) is 3.94. The summed E-state index contributed by atoms with van der Waals surface area (Å²) in [6.07, 6.45) is 9.10. The predicted molar refractivity (Wildman–Crippen MR) is 210 cm³/mol. The molecular weight excluding hydrogens is 615 g/mol. The van der Waals surface area contributed by atoms with Crippen LogP contribution >= 0.6 is 11.3 Å². The Bertz CT molecular complexity index is 2550. The maximum Gasteiger partial charge on any atom is 0.0753 e. The average Bonchev–Trinajstić information content (AvgIpc) is 3.78. The number of hydrogen-bond acceptors (Lipinski definition) is 3. The lowest BCUT2D eigenvalue weighted by molar-refractivity contribution is 0.667. The number of rotatable bonds is 5. The van der Waals surface area contributed by atoms with Gasteiger partial charge in [-0.25, -0.2) is 0 Å². The minimum absolute atomic E-state index is 0.00574. The van der Waals surface area contributed by atoms with Gasteiger partial charge in [-0.1, -0.05) is 136 Å². The van der Waals surface area contributed by atoms with E-state index in [4.69, 9.17) is 10.7 Å². The van der Waals surface area contributed by atoms with E-state index in [1.165, 1.54) is 59.0 Å². The quantitative estimate of drug-likeness (QED) is 0.198. The molecule has 2 heterocycles. The second-order valence-electron chi connectivity index (χ2n) is 13.6. The minimum Gasteiger partial charge on any atom is -0.398 e. The molecule has 4 heteroatoms. The number of nitrogens with zero attached hydrogens (tertiary/aromatic N) is 2. The molecule has 2 aliphatic carbocycles. The fourth-order valence-electron chi connectivity index (χ4n) is 8.04. The van der Waals surface area contributed by atoms with E-state index in [1.807, 2.05) is 53.8 Å². The van der Waals surface area contributed by atoms with Crippen LogP contribution in [0.4, 0.5) is 0 Å². The lowest BCUT2D eigenvalue weighted by atomic mass is 9.81. The average molecular weight is 652 g/mol. The highest BCUT2D eigenvalue weighted by Crippen LogP contribution is 2.56. The number of aromatic nitrogens is 1. The Morgan fingerprint density at radius 2 is 1.49 bits per heavy atom. The van der Waals surface area contributed by atoms with Gasteiger partial charge in [-0.3, -0.25) is 4.99 Å². The molecule has 49 heavy (non-hydrogen) atoms. The first kappa shape index (κ1) is 29.7. The zero-order valence-electron chi connectivity index (χ0n) is 27.9. The molecule has 0 saturated carbocycles. The molecule has 1 unspecified atom stereocenters. The van der Waals surface area contributed by atoms with Crippen LogP contribution < -0.4 is 5.73 Å². The van der Waals surface area contributed by atoms with E-state index >= 15 is 0 Å². The van der Waals surface area contributed by atoms with Crippen LogP contribution in [0.3, 0.4) is 0 Å². The molecule has 0 aliphatic heterocycles. The lowest BCUT2D eigenvalue weighted by Crippen LogP contribution is -2.14. The molecular formula is C45H37N3S. The third kappa shape index (κ3) is 4.51. The fraction of sp³-hybridized carbons (Fsp3) is 0.133. The summed E-state index contributed by atoms with van der Waals surface area (Å²) >= 11 is 1.95. The summed E-state index contributed by atoms with van der Waals surface area (Å²) in [4.78, 5) is 6.69. The van der Waals surface area contributed by atoms with Crippen molar-refractivity contribution < 1.29 is 0 Å². The van der Waals surface area contributed by atoms with Crippen molar-refractivity contribution in [3.8, 4) is 16.1 Å². The Kier molecular flexibility index (Phi) is 6.86. The largest absolute Gasteiger partial charge is 0.398 e. The fourth-order valence-corrected chi connectivity index (χ4v) is 9.58. The van der Waals surface area contributed by atoms with Crippen molar-refractivity contribution in [3.05, 3.63) is 167 Å². The molecule has 0 bridgehead atoms. The SMILES string of the molecule is CCC(/N=C1/C=CC=C/C1=C(/N)c1ccccc1)c1ccc(-n2c3ccccc3c3ccc4c5c(sc4c32)-c2ccccc2C5(C)C)cc1. The zero-order valence-corrected chi connectivity index (χ0v) is 28.8. The van der Waals surface area contributed by atoms with Gasteiger partial charge in [-0.05, 0) is 63.9 Å². The Morgan fingerprint density at radius 3 is 2.31 bits per heavy atom. The molecule has 5 aromatic carbocycles. The first-order chi connectivity index (χ1) is 24.0. The van der Waals surface area contributed by atoms with Crippen LogP contribution in [0.2, 0.25) is 0 Å². The number of fused-ring (bicyclic) bond motifs is 9. The molecule has 0 fully saturated rings. The van der Waals surface area contributed by atoms with Crippen LogP contribution in [-0.4, -0.2) is 10.3 Å². The van der Waals surface area contributed by atoms with Crippen molar-refractivity contribution in [2.75, 3.05) is 0 Å². The van der Waals surface area contributed by atoms with Gasteiger partial charge in [0.1, 0.15) is 0 Å². The number of thiophene rings is 1. The van der Waals surface area contributed by atoms with Crippen LogP contribution in [0, 0.1) is 0 Å². The molecule has 7 aromatic rings. The van der Waals surface area contributed by atoms with E-state index in [2.05, 4.69) is 122 Å². The number of benzene rings is 5. The van der Waals surface area contributed by atoms with Crippen molar-refractivity contribution in [2.24, 2.45) is 10.7 Å². The van der Waals surface area contributed by atoms with Gasteiger partial charge in [-0.2, -0.15) is 0 Å². The maximum absolute atomic E-state index is 6.69. The van der Waals surface area contributed by atoms with E-state index in [1.54, 1.807) is 0 Å². The van der Waals surface area contributed by atoms with Crippen LogP contribution in [0.25, 0.3) is 53.7 Å². The molecule has 0 radical (unpaired) electrons. The van der Waals surface area contributed by atoms with E-state index < -0.39 is 0 Å². The molecule has 9 rings (SSSR count). The first-order valence-corrected chi connectivity index (χ1v) is 17.9. The molecule has 2 aromatic heterocycles. The van der Waals surface area contributed by atoms with Crippen molar-refractivity contribution in [1.82, 2.24) is 4.57 Å². The molecule has 0 amide bonds. The molecule has 2 N–H and O–H groups in total.